The SMILES string of the molecule is CCOC(=O)CS(=O)(=O)NC(CC(N)=O)C(=O)O. The highest BCUT2D eigenvalue weighted by Crippen LogP contribution is 1.97. The second-order valence-electron chi connectivity index (χ2n) is 3.24. The first-order valence-corrected chi connectivity index (χ1v) is 6.50. The maximum Gasteiger partial charge on any atom is 0.322 e. The molecule has 0 aromatic heterocycles. The molecule has 10 heteroatoms. The van der Waals surface area contributed by atoms with E-state index in [4.69, 9.17) is 10.8 Å². The van der Waals surface area contributed by atoms with Gasteiger partial charge in [-0.2, -0.15) is 4.72 Å². The molecule has 0 saturated heterocycles. The predicted molar refractivity (Wildman–Crippen MR) is 58.8 cm³/mol. The Balaban J connectivity index is 4.66. The molecule has 0 aromatic carbocycles. The quantitative estimate of drug-likeness (QED) is 0.427. The lowest BCUT2D eigenvalue weighted by atomic mass is 10.2. The lowest BCUT2D eigenvalue weighted by molar-refractivity contribution is -0.141. The standard InChI is InChI=1S/C8H14N2O7S/c1-2-17-7(12)4-18(15,16)10-5(8(13)14)3-6(9)11/h5,10H,2-4H2,1H3,(H2,9,11)(H,13,14). The van der Waals surface area contributed by atoms with Gasteiger partial charge >= 0.3 is 11.9 Å². The van der Waals surface area contributed by atoms with E-state index in [0.29, 0.717) is 0 Å². The highest BCUT2D eigenvalue weighted by atomic mass is 32.2. The van der Waals surface area contributed by atoms with Gasteiger partial charge in [0.1, 0.15) is 6.04 Å². The number of carboxylic acids is 1. The Bertz CT molecular complexity index is 431. The molecule has 9 nitrogen and oxygen atoms in total. The van der Waals surface area contributed by atoms with Gasteiger partial charge in [-0.1, -0.05) is 0 Å². The molecular formula is C8H14N2O7S. The smallest absolute Gasteiger partial charge is 0.322 e. The van der Waals surface area contributed by atoms with E-state index in [0.717, 1.165) is 0 Å². The van der Waals surface area contributed by atoms with Gasteiger partial charge in [0, 0.05) is 0 Å². The molecule has 0 heterocycles. The lowest BCUT2D eigenvalue weighted by Gasteiger charge is -2.12. The molecule has 1 atom stereocenters. The van der Waals surface area contributed by atoms with Gasteiger partial charge < -0.3 is 15.6 Å². The first kappa shape index (κ1) is 16.3. The topological polar surface area (TPSA) is 153 Å². The van der Waals surface area contributed by atoms with Crippen LogP contribution in [0, 0.1) is 0 Å². The molecule has 1 amide bonds. The van der Waals surface area contributed by atoms with Crippen LogP contribution in [0.2, 0.25) is 0 Å². The number of nitrogens with two attached hydrogens (primary N) is 1. The summed E-state index contributed by atoms with van der Waals surface area (Å²) in [6.45, 7) is 1.49. The summed E-state index contributed by atoms with van der Waals surface area (Å²) >= 11 is 0. The molecule has 1 unspecified atom stereocenters. The number of nitrogens with one attached hydrogen (secondary N) is 1. The Morgan fingerprint density at radius 1 is 1.39 bits per heavy atom. The molecule has 0 radical (unpaired) electrons. The largest absolute Gasteiger partial charge is 0.480 e. The summed E-state index contributed by atoms with van der Waals surface area (Å²) in [6.07, 6.45) is -0.711. The van der Waals surface area contributed by atoms with Crippen molar-refractivity contribution in [2.24, 2.45) is 5.73 Å². The van der Waals surface area contributed by atoms with Gasteiger partial charge in [-0.3, -0.25) is 14.4 Å². The fraction of sp³-hybridized carbons (Fsp3) is 0.625. The Morgan fingerprint density at radius 3 is 2.33 bits per heavy atom. The van der Waals surface area contributed by atoms with Crippen LogP contribution in [-0.2, 0) is 29.1 Å². The third-order valence-electron chi connectivity index (χ3n) is 1.64. The maximum absolute atomic E-state index is 11.4. The molecule has 0 fully saturated rings. The monoisotopic (exact) mass is 282 g/mol. The average Bonchev–Trinajstić information content (AvgIpc) is 2.14. The molecule has 0 saturated carbocycles. The summed E-state index contributed by atoms with van der Waals surface area (Å²) in [5.74, 6) is -4.60. The lowest BCUT2D eigenvalue weighted by Crippen LogP contribution is -2.45. The van der Waals surface area contributed by atoms with Crippen LogP contribution in [0.5, 0.6) is 0 Å². The molecule has 0 aromatic rings. The van der Waals surface area contributed by atoms with Crippen LogP contribution >= 0.6 is 0 Å². The summed E-state index contributed by atoms with van der Waals surface area (Å²) in [5.41, 5.74) is 4.77. The fourth-order valence-corrected chi connectivity index (χ4v) is 2.09. The molecule has 18 heavy (non-hydrogen) atoms. The van der Waals surface area contributed by atoms with Crippen molar-refractivity contribution in [3.05, 3.63) is 0 Å². The molecule has 104 valence electrons. The van der Waals surface area contributed by atoms with Gasteiger partial charge in [0.2, 0.25) is 15.9 Å². The van der Waals surface area contributed by atoms with Crippen molar-refractivity contribution in [2.75, 3.05) is 12.4 Å². The third kappa shape index (κ3) is 6.81. The van der Waals surface area contributed by atoms with E-state index in [1.54, 1.807) is 4.72 Å². The number of amides is 1. The van der Waals surface area contributed by atoms with Crippen molar-refractivity contribution in [1.29, 1.82) is 0 Å². The Labute approximate surface area is 103 Å². The number of carbonyl (C=O) groups is 3. The number of primary amides is 1. The number of hydrogen-bond donors (Lipinski definition) is 3. The number of rotatable bonds is 8. The number of esters is 1. The number of sulfonamides is 1. The first-order valence-electron chi connectivity index (χ1n) is 4.84. The molecule has 0 aliphatic rings. The summed E-state index contributed by atoms with van der Waals surface area (Å²) in [6, 6.07) is -1.71. The molecule has 0 aliphatic heterocycles. The number of carbonyl (C=O) groups excluding carboxylic acids is 2. The molecule has 0 bridgehead atoms. The van der Waals surface area contributed by atoms with Gasteiger partial charge in [-0.05, 0) is 6.92 Å². The van der Waals surface area contributed by atoms with Crippen LogP contribution in [0.15, 0.2) is 0 Å². The summed E-state index contributed by atoms with van der Waals surface area (Å²) in [4.78, 5) is 32.2. The number of aliphatic carboxylic acids is 1. The van der Waals surface area contributed by atoms with Crippen LogP contribution in [0.1, 0.15) is 13.3 Å². The van der Waals surface area contributed by atoms with E-state index in [1.807, 2.05) is 0 Å². The summed E-state index contributed by atoms with van der Waals surface area (Å²) < 4.78 is 28.9. The van der Waals surface area contributed by atoms with Crippen LogP contribution in [0.25, 0.3) is 0 Å². The third-order valence-corrected chi connectivity index (χ3v) is 2.90. The fourth-order valence-electron chi connectivity index (χ4n) is 0.997. The van der Waals surface area contributed by atoms with Crippen LogP contribution < -0.4 is 10.5 Å². The van der Waals surface area contributed by atoms with Gasteiger partial charge in [-0.25, -0.2) is 8.42 Å². The van der Waals surface area contributed by atoms with Gasteiger partial charge in [0.25, 0.3) is 0 Å². The van der Waals surface area contributed by atoms with E-state index >= 15 is 0 Å². The number of ether oxygens (including phenoxy) is 1. The van der Waals surface area contributed by atoms with E-state index in [9.17, 15) is 22.8 Å². The first-order chi connectivity index (χ1) is 8.18. The van der Waals surface area contributed by atoms with Crippen molar-refractivity contribution in [3.63, 3.8) is 0 Å². The number of carboxylic acid groups (broad SMARTS) is 1. The maximum atomic E-state index is 11.4. The highest BCUT2D eigenvalue weighted by Gasteiger charge is 2.27. The average molecular weight is 282 g/mol. The Morgan fingerprint density at radius 2 is 1.94 bits per heavy atom. The van der Waals surface area contributed by atoms with E-state index in [2.05, 4.69) is 4.74 Å². The molecule has 0 rings (SSSR count). The zero-order valence-corrected chi connectivity index (χ0v) is 10.4. The van der Waals surface area contributed by atoms with Gasteiger partial charge in [0.15, 0.2) is 5.75 Å². The van der Waals surface area contributed by atoms with Crippen molar-refractivity contribution < 1.29 is 32.6 Å². The van der Waals surface area contributed by atoms with Crippen molar-refractivity contribution >= 4 is 27.9 Å². The summed E-state index contributed by atoms with van der Waals surface area (Å²) in [7, 11) is -4.21. The molecular weight excluding hydrogens is 268 g/mol. The number of hydrogen-bond acceptors (Lipinski definition) is 6. The molecule has 0 spiro atoms. The normalized spacial score (nSPS) is 12.7. The van der Waals surface area contributed by atoms with Crippen molar-refractivity contribution in [3.8, 4) is 0 Å². The van der Waals surface area contributed by atoms with E-state index < -0.39 is 46.1 Å². The van der Waals surface area contributed by atoms with Gasteiger partial charge in [0.05, 0.1) is 13.0 Å². The predicted octanol–water partition coefficient (Wildman–Crippen LogP) is -2.20. The van der Waals surface area contributed by atoms with E-state index in [-0.39, 0.29) is 6.61 Å². The van der Waals surface area contributed by atoms with Gasteiger partial charge in [-0.15, -0.1) is 0 Å². The minimum atomic E-state index is -4.21. The Hall–Kier alpha value is -1.68. The minimum absolute atomic E-state index is 0.00199. The zero-order valence-electron chi connectivity index (χ0n) is 9.58. The molecule has 4 N–H and O–H groups in total. The van der Waals surface area contributed by atoms with Crippen molar-refractivity contribution in [1.82, 2.24) is 4.72 Å². The van der Waals surface area contributed by atoms with Crippen LogP contribution in [0.4, 0.5) is 0 Å². The highest BCUT2D eigenvalue weighted by molar-refractivity contribution is 7.90. The molecule has 0 aliphatic carbocycles. The summed E-state index contributed by atoms with van der Waals surface area (Å²) in [5, 5.41) is 8.67. The van der Waals surface area contributed by atoms with Crippen LogP contribution in [0.3, 0.4) is 0 Å². The Kier molecular flexibility index (Phi) is 6.27. The van der Waals surface area contributed by atoms with Crippen molar-refractivity contribution in [2.45, 2.75) is 19.4 Å². The second-order valence-corrected chi connectivity index (χ2v) is 5.00. The minimum Gasteiger partial charge on any atom is -0.480 e. The second kappa shape index (κ2) is 6.91. The van der Waals surface area contributed by atoms with Crippen LogP contribution in [-0.4, -0.2) is 49.8 Å². The van der Waals surface area contributed by atoms with E-state index in [1.165, 1.54) is 6.92 Å². The zero-order chi connectivity index (χ0) is 14.3.